The molecule has 0 aromatic carbocycles. The zero-order chi connectivity index (χ0) is 48.4. The number of rotatable bonds is 35. The number of allylic oxidation sites excluding steroid dienone is 20. The SMILES string of the molecule is C/C(=C\CO)CC/C=C(\C)CC/C=C(\C)CC/C=C(\C)CC/C=C(\C)CC/C=C(\C)CC/C(C)=C/CC/C(C)=C/CC/C(C)=C/CC/C(C)=C/CC/C(C)=C/OP(=O)(O)OP(=O)(O)O. The van der Waals surface area contributed by atoms with E-state index in [0.29, 0.717) is 12.0 Å². The van der Waals surface area contributed by atoms with Gasteiger partial charge in [-0.1, -0.05) is 116 Å². The summed E-state index contributed by atoms with van der Waals surface area (Å²) in [5.41, 5.74) is 14.9. The summed E-state index contributed by atoms with van der Waals surface area (Å²) in [5.74, 6) is 0. The minimum absolute atomic E-state index is 0.137. The molecule has 0 heterocycles. The van der Waals surface area contributed by atoms with Crippen molar-refractivity contribution in [1.82, 2.24) is 0 Å². The first-order valence-electron chi connectivity index (χ1n) is 23.7. The van der Waals surface area contributed by atoms with Gasteiger partial charge in [-0.15, -0.1) is 0 Å². The molecule has 0 radical (unpaired) electrons. The van der Waals surface area contributed by atoms with Crippen LogP contribution in [-0.2, 0) is 18.0 Å². The lowest BCUT2D eigenvalue weighted by Gasteiger charge is -2.11. The van der Waals surface area contributed by atoms with Gasteiger partial charge >= 0.3 is 15.6 Å². The highest BCUT2D eigenvalue weighted by Crippen LogP contribution is 2.57. The smallest absolute Gasteiger partial charge is 0.412 e. The zero-order valence-corrected chi connectivity index (χ0v) is 43.8. The van der Waals surface area contributed by atoms with E-state index in [2.05, 4.69) is 133 Å². The molecule has 0 aromatic heterocycles. The van der Waals surface area contributed by atoms with Crippen molar-refractivity contribution in [3.63, 3.8) is 0 Å². The molecule has 0 amide bonds. The lowest BCUT2D eigenvalue weighted by molar-refractivity contribution is 0.216. The Morgan fingerprint density at radius 3 is 0.766 bits per heavy atom. The van der Waals surface area contributed by atoms with E-state index in [9.17, 15) is 14.0 Å². The summed E-state index contributed by atoms with van der Waals surface area (Å²) < 4.78 is 30.6. The largest absolute Gasteiger partial charge is 0.535 e. The van der Waals surface area contributed by atoms with Crippen molar-refractivity contribution in [2.45, 2.75) is 205 Å². The highest BCUT2D eigenvalue weighted by atomic mass is 31.3. The van der Waals surface area contributed by atoms with E-state index in [0.717, 1.165) is 128 Å². The van der Waals surface area contributed by atoms with Crippen LogP contribution in [0.5, 0.6) is 0 Å². The van der Waals surface area contributed by atoms with Crippen LogP contribution in [0.4, 0.5) is 0 Å². The molecule has 0 aliphatic carbocycles. The molecule has 0 fully saturated rings. The first-order valence-corrected chi connectivity index (χ1v) is 26.7. The van der Waals surface area contributed by atoms with Gasteiger partial charge in [-0.05, 0) is 210 Å². The summed E-state index contributed by atoms with van der Waals surface area (Å²) >= 11 is 0. The van der Waals surface area contributed by atoms with Crippen molar-refractivity contribution in [2.24, 2.45) is 0 Å². The number of phosphoric acid groups is 2. The number of hydrogen-bond donors (Lipinski definition) is 4. The Labute approximate surface area is 391 Å². The van der Waals surface area contributed by atoms with Gasteiger partial charge in [0.05, 0.1) is 12.9 Å². The first-order chi connectivity index (χ1) is 30.1. The molecule has 0 aliphatic heterocycles. The topological polar surface area (TPSA) is 134 Å². The van der Waals surface area contributed by atoms with Crippen LogP contribution in [0.1, 0.15) is 205 Å². The summed E-state index contributed by atoms with van der Waals surface area (Å²) in [5, 5.41) is 8.99. The highest BCUT2D eigenvalue weighted by molar-refractivity contribution is 7.60. The molecule has 0 spiro atoms. The molecule has 4 N–H and O–H groups in total. The lowest BCUT2D eigenvalue weighted by Crippen LogP contribution is -1.90. The second kappa shape index (κ2) is 36.3. The van der Waals surface area contributed by atoms with Crippen molar-refractivity contribution in [3.8, 4) is 0 Å². The maximum absolute atomic E-state index is 11.6. The summed E-state index contributed by atoms with van der Waals surface area (Å²) in [6.07, 6.45) is 45.1. The Hall–Kier alpha value is -2.80. The lowest BCUT2D eigenvalue weighted by atomic mass is 10.0. The number of aliphatic hydroxyl groups is 1. The van der Waals surface area contributed by atoms with Crippen molar-refractivity contribution in [3.05, 3.63) is 128 Å². The standard InChI is InChI=1S/C54H90O8P2/c1-44(21-12-22-45(2)25-15-29-49(6)33-19-37-53(10)41-42-55)23-13-27-47(4)31-17-35-51(8)39-40-52(9)36-18-32-48(5)28-14-24-46(3)26-16-30-50(7)34-20-38-54(11)43-61-64(59,60)62-63(56,57)58/h21,25-28,33-36,41,43,55H,12-20,22-24,29-32,37-40,42H2,1-11H3,(H,59,60)(H2,56,57,58)/b44-21+,45-25+,46-26+,47-27+,48-28+,49-33+,50-34+,51-35+,52-36+,53-41+,54-43+. The Balaban J connectivity index is 4.35. The molecule has 1 unspecified atom stereocenters. The monoisotopic (exact) mass is 929 g/mol. The predicted molar refractivity (Wildman–Crippen MR) is 275 cm³/mol. The van der Waals surface area contributed by atoms with Crippen molar-refractivity contribution in [2.75, 3.05) is 6.61 Å². The molecule has 0 aliphatic rings. The van der Waals surface area contributed by atoms with E-state index >= 15 is 0 Å². The molecule has 10 heteroatoms. The van der Waals surface area contributed by atoms with Crippen LogP contribution in [0, 0.1) is 0 Å². The predicted octanol–water partition coefficient (Wildman–Crippen LogP) is 17.4. The molecular weight excluding hydrogens is 839 g/mol. The Kier molecular flexibility index (Phi) is 34.7. The molecule has 8 nitrogen and oxygen atoms in total. The fourth-order valence-electron chi connectivity index (χ4n) is 6.86. The van der Waals surface area contributed by atoms with Gasteiger partial charge in [-0.25, -0.2) is 9.13 Å². The zero-order valence-electron chi connectivity index (χ0n) is 42.0. The van der Waals surface area contributed by atoms with Crippen molar-refractivity contribution in [1.29, 1.82) is 0 Å². The van der Waals surface area contributed by atoms with E-state index in [4.69, 9.17) is 14.9 Å². The third-order valence-corrected chi connectivity index (χ3v) is 13.3. The van der Waals surface area contributed by atoms with E-state index < -0.39 is 15.6 Å². The number of phosphoric ester groups is 1. The number of hydrogen-bond acceptors (Lipinski definition) is 5. The van der Waals surface area contributed by atoms with Gasteiger partial charge in [0.1, 0.15) is 0 Å². The van der Waals surface area contributed by atoms with Gasteiger partial charge in [0, 0.05) is 0 Å². The Morgan fingerprint density at radius 2 is 0.547 bits per heavy atom. The van der Waals surface area contributed by atoms with Gasteiger partial charge in [0.25, 0.3) is 0 Å². The third kappa shape index (κ3) is 39.6. The molecule has 0 aromatic rings. The molecule has 1 atom stereocenters. The Bertz CT molecular complexity index is 1810. The maximum atomic E-state index is 11.6. The number of aliphatic hydroxyl groups excluding tert-OH is 1. The Morgan fingerprint density at radius 1 is 0.344 bits per heavy atom. The summed E-state index contributed by atoms with van der Waals surface area (Å²) in [4.78, 5) is 26.7. The minimum Gasteiger partial charge on any atom is -0.412 e. The molecule has 0 rings (SSSR count). The fourth-order valence-corrected chi connectivity index (χ4v) is 8.40. The van der Waals surface area contributed by atoms with Crippen LogP contribution in [0.25, 0.3) is 0 Å². The van der Waals surface area contributed by atoms with Crippen LogP contribution in [0.15, 0.2) is 128 Å². The molecular formula is C54H90O8P2. The average Bonchev–Trinajstić information content (AvgIpc) is 3.18. The molecule has 0 saturated carbocycles. The molecule has 364 valence electrons. The summed E-state index contributed by atoms with van der Waals surface area (Å²) in [6.45, 7) is 24.1. The van der Waals surface area contributed by atoms with Gasteiger partial charge in [-0.3, -0.25) is 4.89 Å². The van der Waals surface area contributed by atoms with E-state index in [1.165, 1.54) is 55.7 Å². The summed E-state index contributed by atoms with van der Waals surface area (Å²) in [6, 6.07) is 0. The third-order valence-electron chi connectivity index (χ3n) is 11.2. The van der Waals surface area contributed by atoms with Gasteiger partial charge in [0.15, 0.2) is 0 Å². The second-order valence-corrected chi connectivity index (χ2v) is 20.9. The van der Waals surface area contributed by atoms with Crippen LogP contribution < -0.4 is 0 Å². The van der Waals surface area contributed by atoms with Gasteiger partial charge in [0.2, 0.25) is 0 Å². The maximum Gasteiger partial charge on any atom is 0.535 e. The van der Waals surface area contributed by atoms with E-state index in [1.807, 2.05) is 6.08 Å². The van der Waals surface area contributed by atoms with Gasteiger partial charge in [-0.2, -0.15) is 4.31 Å². The average molecular weight is 929 g/mol. The molecule has 0 bridgehead atoms. The van der Waals surface area contributed by atoms with Crippen LogP contribution in [0.3, 0.4) is 0 Å². The first kappa shape index (κ1) is 61.2. The van der Waals surface area contributed by atoms with E-state index in [1.54, 1.807) is 6.92 Å². The molecule has 0 saturated heterocycles. The van der Waals surface area contributed by atoms with Crippen LogP contribution in [-0.4, -0.2) is 26.4 Å². The fraction of sp³-hybridized carbons (Fsp3) is 0.593. The van der Waals surface area contributed by atoms with Gasteiger partial charge < -0.3 is 19.4 Å². The van der Waals surface area contributed by atoms with E-state index in [-0.39, 0.29) is 6.61 Å². The quantitative estimate of drug-likeness (QED) is 0.0281. The van der Waals surface area contributed by atoms with Crippen molar-refractivity contribution < 1.29 is 37.8 Å². The highest BCUT2D eigenvalue weighted by Gasteiger charge is 2.32. The normalized spacial score (nSPS) is 16.2. The molecule has 64 heavy (non-hydrogen) atoms. The van der Waals surface area contributed by atoms with Crippen LogP contribution >= 0.6 is 15.6 Å². The van der Waals surface area contributed by atoms with Crippen molar-refractivity contribution >= 4 is 15.6 Å². The van der Waals surface area contributed by atoms with Crippen LogP contribution in [0.2, 0.25) is 0 Å². The summed E-state index contributed by atoms with van der Waals surface area (Å²) in [7, 11) is -9.99. The second-order valence-electron chi connectivity index (χ2n) is 18.1. The minimum atomic E-state index is -5.13.